The molecule has 1 heterocycles. The summed E-state index contributed by atoms with van der Waals surface area (Å²) in [5.74, 6) is 6.48. The average Bonchev–Trinajstić information content (AvgIpc) is 2.77. The molecule has 1 aromatic heterocycles. The van der Waals surface area contributed by atoms with E-state index in [-0.39, 0.29) is 12.1 Å². The van der Waals surface area contributed by atoms with Crippen LogP contribution in [0, 0.1) is 0 Å². The number of benzene rings is 1. The Balaban J connectivity index is 2.31. The fourth-order valence-electron chi connectivity index (χ4n) is 1.95. The molecular formula is C13H19N5O. The number of aryl methyl sites for hydroxylation is 1. The number of nitrogens with two attached hydrogens (primary N) is 1. The third-order valence-corrected chi connectivity index (χ3v) is 2.78. The predicted molar refractivity (Wildman–Crippen MR) is 72.4 cm³/mol. The van der Waals surface area contributed by atoms with Gasteiger partial charge >= 0.3 is 0 Å². The van der Waals surface area contributed by atoms with Crippen molar-refractivity contribution in [1.82, 2.24) is 20.4 Å². The fourth-order valence-corrected chi connectivity index (χ4v) is 1.95. The van der Waals surface area contributed by atoms with Gasteiger partial charge in [0.25, 0.3) is 0 Å². The molecule has 1 aromatic carbocycles. The summed E-state index contributed by atoms with van der Waals surface area (Å²) in [7, 11) is 1.83. The molecule has 0 amide bonds. The van der Waals surface area contributed by atoms with E-state index in [2.05, 4.69) is 15.7 Å². The number of hydrogen-bond donors (Lipinski definition) is 2. The summed E-state index contributed by atoms with van der Waals surface area (Å²) in [5.41, 5.74) is 4.68. The van der Waals surface area contributed by atoms with Gasteiger partial charge in [-0.15, -0.1) is 5.10 Å². The molecule has 3 N–H and O–H groups in total. The van der Waals surface area contributed by atoms with Crippen LogP contribution in [0.2, 0.25) is 0 Å². The second-order valence-electron chi connectivity index (χ2n) is 4.62. The van der Waals surface area contributed by atoms with Gasteiger partial charge in [0.1, 0.15) is 5.75 Å². The first kappa shape index (κ1) is 13.5. The van der Waals surface area contributed by atoms with Gasteiger partial charge in [-0.3, -0.25) is 10.5 Å². The van der Waals surface area contributed by atoms with Crippen LogP contribution in [0.4, 0.5) is 0 Å². The molecule has 6 heteroatoms. The molecule has 0 fully saturated rings. The molecule has 19 heavy (non-hydrogen) atoms. The fraction of sp³-hybridized carbons (Fsp3) is 0.385. The quantitative estimate of drug-likeness (QED) is 0.623. The molecule has 0 aliphatic heterocycles. The van der Waals surface area contributed by atoms with Crippen LogP contribution in [-0.4, -0.2) is 21.1 Å². The van der Waals surface area contributed by atoms with Crippen LogP contribution in [-0.2, 0) is 7.05 Å². The molecule has 0 saturated heterocycles. The van der Waals surface area contributed by atoms with Gasteiger partial charge in [0.05, 0.1) is 24.0 Å². The molecular weight excluding hydrogens is 242 g/mol. The number of nitrogens with zero attached hydrogens (tertiary/aromatic N) is 3. The Kier molecular flexibility index (Phi) is 4.13. The van der Waals surface area contributed by atoms with Crippen LogP contribution >= 0.6 is 0 Å². The lowest BCUT2D eigenvalue weighted by Crippen LogP contribution is -2.30. The van der Waals surface area contributed by atoms with Gasteiger partial charge in [-0.25, -0.2) is 5.43 Å². The van der Waals surface area contributed by atoms with Crippen molar-refractivity contribution in [1.29, 1.82) is 0 Å². The molecule has 0 saturated carbocycles. The molecule has 0 spiro atoms. The Morgan fingerprint density at radius 1 is 1.37 bits per heavy atom. The highest BCUT2D eigenvalue weighted by atomic mass is 16.5. The molecule has 1 unspecified atom stereocenters. The highest BCUT2D eigenvalue weighted by Crippen LogP contribution is 2.24. The largest absolute Gasteiger partial charge is 0.491 e. The molecule has 0 aliphatic rings. The first-order chi connectivity index (χ1) is 9.11. The topological polar surface area (TPSA) is 78.0 Å². The summed E-state index contributed by atoms with van der Waals surface area (Å²) in [4.78, 5) is 0. The number of ether oxygens (including phenoxy) is 1. The van der Waals surface area contributed by atoms with E-state index >= 15 is 0 Å². The van der Waals surface area contributed by atoms with Gasteiger partial charge in [-0.1, -0.05) is 17.3 Å². The molecule has 0 aliphatic carbocycles. The molecule has 6 nitrogen and oxygen atoms in total. The summed E-state index contributed by atoms with van der Waals surface area (Å²) in [5, 5.41) is 7.79. The Labute approximate surface area is 112 Å². The highest BCUT2D eigenvalue weighted by molar-refractivity contribution is 5.34. The van der Waals surface area contributed by atoms with Crippen molar-refractivity contribution in [2.45, 2.75) is 26.0 Å². The number of hydrazine groups is 1. The van der Waals surface area contributed by atoms with Crippen molar-refractivity contribution in [2.75, 3.05) is 0 Å². The van der Waals surface area contributed by atoms with Gasteiger partial charge in [-0.2, -0.15) is 0 Å². The van der Waals surface area contributed by atoms with Crippen LogP contribution in [0.25, 0.3) is 0 Å². The van der Waals surface area contributed by atoms with E-state index in [1.807, 2.05) is 45.2 Å². The molecule has 2 rings (SSSR count). The van der Waals surface area contributed by atoms with Crippen LogP contribution in [0.3, 0.4) is 0 Å². The summed E-state index contributed by atoms with van der Waals surface area (Å²) in [6, 6.07) is 7.66. The average molecular weight is 261 g/mol. The van der Waals surface area contributed by atoms with Crippen LogP contribution < -0.4 is 16.0 Å². The van der Waals surface area contributed by atoms with E-state index in [1.54, 1.807) is 10.9 Å². The zero-order valence-electron chi connectivity index (χ0n) is 11.4. The first-order valence-electron chi connectivity index (χ1n) is 6.19. The van der Waals surface area contributed by atoms with E-state index in [0.29, 0.717) is 0 Å². The van der Waals surface area contributed by atoms with Crippen molar-refractivity contribution >= 4 is 0 Å². The van der Waals surface area contributed by atoms with Crippen molar-refractivity contribution in [3.05, 3.63) is 41.7 Å². The maximum atomic E-state index is 5.69. The zero-order chi connectivity index (χ0) is 13.8. The highest BCUT2D eigenvalue weighted by Gasteiger charge is 2.17. The molecule has 2 aromatic rings. The SMILES string of the molecule is CC(C)Oc1cccc(C(NN)c2cnnn2C)c1. The summed E-state index contributed by atoms with van der Waals surface area (Å²) < 4.78 is 7.39. The zero-order valence-corrected chi connectivity index (χ0v) is 11.4. The van der Waals surface area contributed by atoms with E-state index in [0.717, 1.165) is 17.0 Å². The van der Waals surface area contributed by atoms with E-state index in [4.69, 9.17) is 10.6 Å². The molecule has 0 bridgehead atoms. The van der Waals surface area contributed by atoms with Crippen molar-refractivity contribution in [3.63, 3.8) is 0 Å². The number of rotatable bonds is 5. The monoisotopic (exact) mass is 261 g/mol. The summed E-state index contributed by atoms with van der Waals surface area (Å²) in [6.45, 7) is 3.99. The van der Waals surface area contributed by atoms with Crippen LogP contribution in [0.15, 0.2) is 30.5 Å². The lowest BCUT2D eigenvalue weighted by molar-refractivity contribution is 0.242. The van der Waals surface area contributed by atoms with Crippen molar-refractivity contribution in [2.24, 2.45) is 12.9 Å². The molecule has 1 atom stereocenters. The van der Waals surface area contributed by atoms with Gasteiger partial charge < -0.3 is 4.74 Å². The minimum absolute atomic E-state index is 0.137. The van der Waals surface area contributed by atoms with Crippen LogP contribution in [0.1, 0.15) is 31.1 Å². The third-order valence-electron chi connectivity index (χ3n) is 2.78. The second-order valence-corrected chi connectivity index (χ2v) is 4.62. The summed E-state index contributed by atoms with van der Waals surface area (Å²) >= 11 is 0. The van der Waals surface area contributed by atoms with E-state index in [9.17, 15) is 0 Å². The van der Waals surface area contributed by atoms with E-state index < -0.39 is 0 Å². The van der Waals surface area contributed by atoms with Gasteiger partial charge in [0.15, 0.2) is 0 Å². The number of aromatic nitrogens is 3. The third kappa shape index (κ3) is 3.10. The van der Waals surface area contributed by atoms with Gasteiger partial charge in [0, 0.05) is 7.05 Å². The van der Waals surface area contributed by atoms with Crippen molar-refractivity contribution in [3.8, 4) is 5.75 Å². The van der Waals surface area contributed by atoms with E-state index in [1.165, 1.54) is 0 Å². The maximum absolute atomic E-state index is 5.69. The number of nitrogens with one attached hydrogen (secondary N) is 1. The minimum atomic E-state index is -0.171. The second kappa shape index (κ2) is 5.81. The van der Waals surface area contributed by atoms with Crippen LogP contribution in [0.5, 0.6) is 5.75 Å². The van der Waals surface area contributed by atoms with Crippen molar-refractivity contribution < 1.29 is 4.74 Å². The first-order valence-corrected chi connectivity index (χ1v) is 6.19. The Morgan fingerprint density at radius 2 is 2.16 bits per heavy atom. The molecule has 0 radical (unpaired) electrons. The summed E-state index contributed by atoms with van der Waals surface area (Å²) in [6.07, 6.45) is 1.83. The smallest absolute Gasteiger partial charge is 0.120 e. The minimum Gasteiger partial charge on any atom is -0.491 e. The standard InChI is InChI=1S/C13H19N5O/c1-9(2)19-11-6-4-5-10(7-11)13(16-14)12-8-15-17-18(12)3/h4-9,13,16H,14H2,1-3H3. The lowest BCUT2D eigenvalue weighted by atomic mass is 10.0. The Morgan fingerprint density at radius 3 is 2.74 bits per heavy atom. The normalized spacial score (nSPS) is 12.7. The van der Waals surface area contributed by atoms with Gasteiger partial charge in [0.2, 0.25) is 0 Å². The Hall–Kier alpha value is -1.92. The Bertz CT molecular complexity index is 537. The number of hydrogen-bond acceptors (Lipinski definition) is 5. The maximum Gasteiger partial charge on any atom is 0.120 e. The van der Waals surface area contributed by atoms with Gasteiger partial charge in [-0.05, 0) is 31.5 Å². The lowest BCUT2D eigenvalue weighted by Gasteiger charge is -2.17. The predicted octanol–water partition coefficient (Wildman–Crippen LogP) is 1.15. The molecule has 102 valence electrons.